The van der Waals surface area contributed by atoms with Gasteiger partial charge in [0.2, 0.25) is 0 Å². The van der Waals surface area contributed by atoms with Gasteiger partial charge in [-0.05, 0) is 29.7 Å². The van der Waals surface area contributed by atoms with Gasteiger partial charge in [-0.3, -0.25) is 14.4 Å². The third kappa shape index (κ3) is 5.36. The average molecular weight is 496 g/mol. The number of methoxy groups -OCH3 is 1. The number of aromatic nitrogens is 1. The van der Waals surface area contributed by atoms with E-state index in [1.54, 1.807) is 7.11 Å². The van der Waals surface area contributed by atoms with Crippen molar-refractivity contribution in [3.05, 3.63) is 65.9 Å². The first kappa shape index (κ1) is 25.2. The Balaban J connectivity index is 1.83. The van der Waals surface area contributed by atoms with E-state index in [1.807, 2.05) is 59.3 Å². The van der Waals surface area contributed by atoms with E-state index in [1.165, 1.54) is 20.8 Å². The molecule has 1 aromatic heterocycles. The fourth-order valence-electron chi connectivity index (χ4n) is 4.65. The molecule has 190 valence electrons. The molecule has 4 rings (SSSR count). The van der Waals surface area contributed by atoms with Crippen LogP contribution in [-0.4, -0.2) is 54.5 Å². The van der Waals surface area contributed by atoms with Crippen molar-refractivity contribution in [2.75, 3.05) is 13.7 Å². The van der Waals surface area contributed by atoms with Crippen molar-refractivity contribution in [1.82, 2.24) is 4.57 Å². The quantitative estimate of drug-likeness (QED) is 0.362. The molecule has 0 N–H and O–H groups in total. The van der Waals surface area contributed by atoms with Gasteiger partial charge in [-0.15, -0.1) is 0 Å². The van der Waals surface area contributed by atoms with Crippen LogP contribution in [0.5, 0.6) is 5.75 Å². The first-order valence-electron chi connectivity index (χ1n) is 11.6. The SMILES string of the molecule is COc1cccc2c1c(Cc1ccccc1)cn2[C@@H]1OC[C@@H](OC(C)=O)[C@H](OC(C)=O)[C@H]1OC(C)=O. The maximum atomic E-state index is 12.1. The van der Waals surface area contributed by atoms with Gasteiger partial charge < -0.3 is 28.3 Å². The van der Waals surface area contributed by atoms with E-state index < -0.39 is 42.4 Å². The molecule has 0 radical (unpaired) electrons. The highest BCUT2D eigenvalue weighted by molar-refractivity contribution is 5.90. The Kier molecular flexibility index (Phi) is 7.59. The average Bonchev–Trinajstić information content (AvgIpc) is 3.19. The van der Waals surface area contributed by atoms with Crippen LogP contribution in [-0.2, 0) is 39.8 Å². The summed E-state index contributed by atoms with van der Waals surface area (Å²) in [6, 6.07) is 15.7. The van der Waals surface area contributed by atoms with Crippen molar-refractivity contribution >= 4 is 28.8 Å². The molecule has 4 atom stereocenters. The van der Waals surface area contributed by atoms with Gasteiger partial charge in [-0.2, -0.15) is 0 Å². The number of esters is 3. The predicted molar refractivity (Wildman–Crippen MR) is 129 cm³/mol. The molecule has 1 aliphatic rings. The molecule has 0 unspecified atom stereocenters. The summed E-state index contributed by atoms with van der Waals surface area (Å²) < 4.78 is 30.1. The standard InChI is InChI=1S/C27H29NO8/c1-16(29)34-23-15-33-27(26(36-18(3)31)25(23)35-17(2)30)28-14-20(13-19-9-6-5-7-10-19)24-21(28)11-8-12-22(24)32-4/h5-12,14,23,25-27H,13,15H2,1-4H3/t23-,25+,26-,27-/m1/s1. The summed E-state index contributed by atoms with van der Waals surface area (Å²) in [6.07, 6.45) is -1.38. The maximum Gasteiger partial charge on any atom is 0.303 e. The Morgan fingerprint density at radius 3 is 2.19 bits per heavy atom. The first-order chi connectivity index (χ1) is 17.3. The van der Waals surface area contributed by atoms with E-state index in [4.69, 9.17) is 23.7 Å². The largest absolute Gasteiger partial charge is 0.496 e. The summed E-state index contributed by atoms with van der Waals surface area (Å²) in [5.74, 6) is -1.07. The molecule has 36 heavy (non-hydrogen) atoms. The molecule has 3 aromatic rings. The van der Waals surface area contributed by atoms with Gasteiger partial charge in [-0.25, -0.2) is 0 Å². The summed E-state index contributed by atoms with van der Waals surface area (Å²) in [5, 5.41) is 0.889. The van der Waals surface area contributed by atoms with Crippen LogP contribution >= 0.6 is 0 Å². The second-order valence-corrected chi connectivity index (χ2v) is 8.60. The van der Waals surface area contributed by atoms with Gasteiger partial charge in [0.05, 0.1) is 19.2 Å². The minimum Gasteiger partial charge on any atom is -0.496 e. The Morgan fingerprint density at radius 1 is 0.889 bits per heavy atom. The molecule has 0 bridgehead atoms. The third-order valence-electron chi connectivity index (χ3n) is 5.95. The molecule has 9 nitrogen and oxygen atoms in total. The lowest BCUT2D eigenvalue weighted by Crippen LogP contribution is -2.55. The van der Waals surface area contributed by atoms with Crippen LogP contribution in [0.3, 0.4) is 0 Å². The number of fused-ring (bicyclic) bond motifs is 1. The number of ether oxygens (including phenoxy) is 5. The zero-order chi connectivity index (χ0) is 25.8. The molecule has 0 amide bonds. The zero-order valence-corrected chi connectivity index (χ0v) is 20.6. The highest BCUT2D eigenvalue weighted by Gasteiger charge is 2.48. The van der Waals surface area contributed by atoms with Crippen molar-refractivity contribution in [3.8, 4) is 5.75 Å². The number of carbonyl (C=O) groups is 3. The van der Waals surface area contributed by atoms with E-state index in [2.05, 4.69) is 0 Å². The van der Waals surface area contributed by atoms with Crippen molar-refractivity contribution < 1.29 is 38.1 Å². The first-order valence-corrected chi connectivity index (χ1v) is 11.6. The summed E-state index contributed by atoms with van der Waals surface area (Å²) in [6.45, 7) is 3.69. The smallest absolute Gasteiger partial charge is 0.303 e. The van der Waals surface area contributed by atoms with Crippen molar-refractivity contribution in [2.45, 2.75) is 51.7 Å². The number of hydrogen-bond acceptors (Lipinski definition) is 8. The molecular weight excluding hydrogens is 466 g/mol. The van der Waals surface area contributed by atoms with Gasteiger partial charge in [0, 0.05) is 32.4 Å². The Hall–Kier alpha value is -3.85. The molecule has 1 saturated heterocycles. The molecule has 0 spiro atoms. The summed E-state index contributed by atoms with van der Waals surface area (Å²) in [4.78, 5) is 35.8. The van der Waals surface area contributed by atoms with Crippen molar-refractivity contribution in [2.24, 2.45) is 0 Å². The molecule has 1 fully saturated rings. The topological polar surface area (TPSA) is 102 Å². The normalized spacial score (nSPS) is 21.6. The van der Waals surface area contributed by atoms with E-state index in [9.17, 15) is 14.4 Å². The predicted octanol–water partition coefficient (Wildman–Crippen LogP) is 3.56. The van der Waals surface area contributed by atoms with E-state index >= 15 is 0 Å². The minimum absolute atomic E-state index is 0.0579. The fourth-order valence-corrected chi connectivity index (χ4v) is 4.65. The van der Waals surface area contributed by atoms with Gasteiger partial charge in [-0.1, -0.05) is 36.4 Å². The van der Waals surface area contributed by atoms with Crippen molar-refractivity contribution in [1.29, 1.82) is 0 Å². The second kappa shape index (κ2) is 10.8. The lowest BCUT2D eigenvalue weighted by Gasteiger charge is -2.41. The van der Waals surface area contributed by atoms with Crippen LogP contribution in [0.4, 0.5) is 0 Å². The fraction of sp³-hybridized carbons (Fsp3) is 0.370. The van der Waals surface area contributed by atoms with E-state index in [0.717, 1.165) is 22.0 Å². The van der Waals surface area contributed by atoms with Gasteiger partial charge in [0.25, 0.3) is 0 Å². The lowest BCUT2D eigenvalue weighted by atomic mass is 10.0. The molecule has 2 aromatic carbocycles. The summed E-state index contributed by atoms with van der Waals surface area (Å²) in [7, 11) is 1.61. The molecule has 9 heteroatoms. The lowest BCUT2D eigenvalue weighted by molar-refractivity contribution is -0.239. The number of rotatable bonds is 7. The number of carbonyl (C=O) groups excluding carboxylic acids is 3. The minimum atomic E-state index is -1.07. The monoisotopic (exact) mass is 495 g/mol. The maximum absolute atomic E-state index is 12.1. The number of nitrogens with zero attached hydrogens (tertiary/aromatic N) is 1. The molecule has 0 aliphatic carbocycles. The molecule has 1 aliphatic heterocycles. The van der Waals surface area contributed by atoms with Crippen LogP contribution in [0.1, 0.15) is 38.1 Å². The van der Waals surface area contributed by atoms with Crippen LogP contribution in [0.25, 0.3) is 10.9 Å². The van der Waals surface area contributed by atoms with Crippen LogP contribution in [0.15, 0.2) is 54.7 Å². The molecule has 2 heterocycles. The summed E-state index contributed by atoms with van der Waals surface area (Å²) in [5.41, 5.74) is 2.87. The molecule has 0 saturated carbocycles. The zero-order valence-electron chi connectivity index (χ0n) is 20.6. The van der Waals surface area contributed by atoms with E-state index in [-0.39, 0.29) is 6.61 Å². The molecular formula is C27H29NO8. The van der Waals surface area contributed by atoms with Crippen LogP contribution < -0.4 is 4.74 Å². The van der Waals surface area contributed by atoms with Crippen molar-refractivity contribution in [3.63, 3.8) is 0 Å². The Morgan fingerprint density at radius 2 is 1.56 bits per heavy atom. The second-order valence-electron chi connectivity index (χ2n) is 8.60. The van der Waals surface area contributed by atoms with Gasteiger partial charge in [0.15, 0.2) is 24.5 Å². The van der Waals surface area contributed by atoms with Crippen LogP contribution in [0, 0.1) is 0 Å². The van der Waals surface area contributed by atoms with Gasteiger partial charge >= 0.3 is 17.9 Å². The van der Waals surface area contributed by atoms with E-state index in [0.29, 0.717) is 12.2 Å². The van der Waals surface area contributed by atoms with Gasteiger partial charge in [0.1, 0.15) is 5.75 Å². The third-order valence-corrected chi connectivity index (χ3v) is 5.95. The Bertz CT molecular complexity index is 1250. The number of benzene rings is 2. The summed E-state index contributed by atoms with van der Waals surface area (Å²) >= 11 is 0. The highest BCUT2D eigenvalue weighted by atomic mass is 16.6. The highest BCUT2D eigenvalue weighted by Crippen LogP contribution is 2.38. The van der Waals surface area contributed by atoms with Crippen LogP contribution in [0.2, 0.25) is 0 Å². The number of hydrogen-bond donors (Lipinski definition) is 0. The Labute approximate surface area is 208 Å².